The molecule has 2 atom stereocenters. The number of allylic oxidation sites excluding steroid dienone is 1. The number of aliphatic imine (C=N–C) groups is 1. The minimum atomic E-state index is -0.614. The van der Waals surface area contributed by atoms with Crippen molar-refractivity contribution in [3.8, 4) is 6.07 Å². The molecular weight excluding hydrogens is 440 g/mol. The van der Waals surface area contributed by atoms with Gasteiger partial charge in [0.25, 0.3) is 0 Å². The number of ketones is 1. The van der Waals surface area contributed by atoms with Crippen molar-refractivity contribution in [3.63, 3.8) is 0 Å². The summed E-state index contributed by atoms with van der Waals surface area (Å²) in [5, 5.41) is 12.6. The van der Waals surface area contributed by atoms with Crippen LogP contribution in [0.2, 0.25) is 0 Å². The molecule has 7 heteroatoms. The van der Waals surface area contributed by atoms with E-state index < -0.39 is 11.8 Å². The molecule has 2 heterocycles. The molecule has 32 heavy (non-hydrogen) atoms. The van der Waals surface area contributed by atoms with Crippen LogP contribution in [0.5, 0.6) is 0 Å². The van der Waals surface area contributed by atoms with Gasteiger partial charge in [-0.25, -0.2) is 4.99 Å². The first-order valence-corrected chi connectivity index (χ1v) is 13.3. The van der Waals surface area contributed by atoms with Gasteiger partial charge in [-0.2, -0.15) is 5.26 Å². The van der Waals surface area contributed by atoms with Crippen molar-refractivity contribution in [2.45, 2.75) is 51.4 Å². The highest BCUT2D eigenvalue weighted by molar-refractivity contribution is 8.03. The van der Waals surface area contributed by atoms with Gasteiger partial charge >= 0.3 is 5.97 Å². The van der Waals surface area contributed by atoms with Crippen molar-refractivity contribution in [2.24, 2.45) is 34.1 Å². The second kappa shape index (κ2) is 8.46. The lowest BCUT2D eigenvalue weighted by Gasteiger charge is -2.56. The Kier molecular flexibility index (Phi) is 5.79. The maximum Gasteiger partial charge on any atom is 0.315 e. The highest BCUT2D eigenvalue weighted by atomic mass is 32.2. The van der Waals surface area contributed by atoms with Gasteiger partial charge in [-0.3, -0.25) is 9.59 Å². The maximum absolute atomic E-state index is 13.5. The monoisotopic (exact) mass is 468 g/mol. The molecule has 1 aliphatic heterocycles. The van der Waals surface area contributed by atoms with Gasteiger partial charge < -0.3 is 4.74 Å². The number of carbonyl (C=O) groups excluding carboxylic acids is 2. The normalized spacial score (nSPS) is 35.4. The Balaban J connectivity index is 1.41. The number of hydrogen-bond donors (Lipinski definition) is 0. The van der Waals surface area contributed by atoms with E-state index in [0.29, 0.717) is 27.8 Å². The molecule has 0 saturated heterocycles. The molecule has 0 amide bonds. The number of ether oxygens (including phenoxy) is 1. The molecule has 1 unspecified atom stereocenters. The molecule has 1 aromatic heterocycles. The van der Waals surface area contributed by atoms with Gasteiger partial charge in [0.05, 0.1) is 24.5 Å². The van der Waals surface area contributed by atoms with Crippen LogP contribution in [0.25, 0.3) is 0 Å². The van der Waals surface area contributed by atoms with E-state index in [2.05, 4.69) is 11.1 Å². The van der Waals surface area contributed by atoms with Crippen molar-refractivity contribution in [2.75, 3.05) is 12.9 Å². The number of nitrogens with zero attached hydrogens (tertiary/aromatic N) is 2. The standard InChI is InChI=1S/C25H28N2O3S2/c1-14-21(24(29)30-2)22(19-4-3-5-31-19)18(12-26)23(27-14)32-13-20(28)25-9-15-6-16(10-25)8-17(7-15)11-25/h3-5,15-17,21-22H,6-11,13H2,1-2H3/t15?,16?,17?,21?,22-,25?/m0/s1. The third-order valence-electron chi connectivity index (χ3n) is 8.00. The van der Waals surface area contributed by atoms with Crippen molar-refractivity contribution in [1.82, 2.24) is 0 Å². The minimum Gasteiger partial charge on any atom is -0.468 e. The number of carbonyl (C=O) groups is 2. The second-order valence-electron chi connectivity index (χ2n) is 9.99. The van der Waals surface area contributed by atoms with E-state index in [1.54, 1.807) is 0 Å². The number of Topliss-reactive ketones (excluding diaryl/α,β-unsaturated/α-hetero) is 1. The first kappa shape index (κ1) is 21.9. The van der Waals surface area contributed by atoms with Crippen LogP contribution in [-0.2, 0) is 14.3 Å². The molecule has 0 spiro atoms. The summed E-state index contributed by atoms with van der Waals surface area (Å²) in [6, 6.07) is 6.19. The van der Waals surface area contributed by atoms with Crippen LogP contribution in [0.4, 0.5) is 0 Å². The first-order chi connectivity index (χ1) is 15.4. The highest BCUT2D eigenvalue weighted by Gasteiger charge is 2.54. The number of thiophene rings is 1. The fraction of sp³-hybridized carbons (Fsp3) is 0.600. The lowest BCUT2D eigenvalue weighted by molar-refractivity contribution is -0.143. The zero-order chi connectivity index (χ0) is 22.5. The fourth-order valence-corrected chi connectivity index (χ4v) is 8.99. The van der Waals surface area contributed by atoms with Crippen LogP contribution in [0.15, 0.2) is 33.1 Å². The smallest absolute Gasteiger partial charge is 0.315 e. The van der Waals surface area contributed by atoms with Crippen LogP contribution >= 0.6 is 23.1 Å². The molecule has 0 aromatic carbocycles. The lowest BCUT2D eigenvalue weighted by Crippen LogP contribution is -2.50. The summed E-state index contributed by atoms with van der Waals surface area (Å²) >= 11 is 2.91. The number of nitriles is 1. The second-order valence-corrected chi connectivity index (χ2v) is 11.9. The molecule has 0 radical (unpaired) electrons. The molecule has 4 bridgehead atoms. The molecule has 5 aliphatic rings. The molecule has 0 N–H and O–H groups in total. The zero-order valence-electron chi connectivity index (χ0n) is 18.5. The predicted molar refractivity (Wildman–Crippen MR) is 126 cm³/mol. The van der Waals surface area contributed by atoms with Crippen LogP contribution < -0.4 is 0 Å². The average molecular weight is 469 g/mol. The topological polar surface area (TPSA) is 79.5 Å². The number of esters is 1. The quantitative estimate of drug-likeness (QED) is 0.526. The van der Waals surface area contributed by atoms with Gasteiger partial charge in [-0.1, -0.05) is 17.8 Å². The van der Waals surface area contributed by atoms with Gasteiger partial charge in [0, 0.05) is 21.9 Å². The summed E-state index contributed by atoms with van der Waals surface area (Å²) in [4.78, 5) is 31.7. The summed E-state index contributed by atoms with van der Waals surface area (Å²) in [6.07, 6.45) is 7.08. The van der Waals surface area contributed by atoms with E-state index in [1.807, 2.05) is 24.4 Å². The lowest BCUT2D eigenvalue weighted by atomic mass is 9.48. The summed E-state index contributed by atoms with van der Waals surface area (Å²) in [7, 11) is 1.37. The average Bonchev–Trinajstić information content (AvgIpc) is 3.30. The molecule has 4 aliphatic carbocycles. The van der Waals surface area contributed by atoms with Gasteiger partial charge in [-0.05, 0) is 74.6 Å². The van der Waals surface area contributed by atoms with E-state index >= 15 is 0 Å². The van der Waals surface area contributed by atoms with Gasteiger partial charge in [0.15, 0.2) is 0 Å². The molecular formula is C25H28N2O3S2. The number of thioether (sulfide) groups is 1. The van der Waals surface area contributed by atoms with Gasteiger partial charge in [0.1, 0.15) is 16.7 Å². The van der Waals surface area contributed by atoms with Gasteiger partial charge in [0.2, 0.25) is 0 Å². The Morgan fingerprint density at radius 1 is 1.25 bits per heavy atom. The van der Waals surface area contributed by atoms with Crippen LogP contribution in [0.3, 0.4) is 0 Å². The summed E-state index contributed by atoms with van der Waals surface area (Å²) < 4.78 is 5.04. The highest BCUT2D eigenvalue weighted by Crippen LogP contribution is 2.60. The van der Waals surface area contributed by atoms with E-state index in [9.17, 15) is 14.9 Å². The van der Waals surface area contributed by atoms with Crippen molar-refractivity contribution < 1.29 is 14.3 Å². The first-order valence-electron chi connectivity index (χ1n) is 11.4. The number of hydrogen-bond acceptors (Lipinski definition) is 7. The van der Waals surface area contributed by atoms with Crippen LogP contribution in [-0.4, -0.2) is 30.3 Å². The Morgan fingerprint density at radius 2 is 1.91 bits per heavy atom. The molecule has 4 saturated carbocycles. The summed E-state index contributed by atoms with van der Waals surface area (Å²) in [6.45, 7) is 1.82. The van der Waals surface area contributed by atoms with Gasteiger partial charge in [-0.15, -0.1) is 11.3 Å². The maximum atomic E-state index is 13.5. The van der Waals surface area contributed by atoms with E-state index in [-0.39, 0.29) is 11.4 Å². The molecule has 1 aromatic rings. The Bertz CT molecular complexity index is 999. The predicted octanol–water partition coefficient (Wildman–Crippen LogP) is 5.35. The summed E-state index contributed by atoms with van der Waals surface area (Å²) in [5.41, 5.74) is 0.959. The number of methoxy groups -OCH3 is 1. The van der Waals surface area contributed by atoms with E-state index in [0.717, 1.165) is 41.9 Å². The zero-order valence-corrected chi connectivity index (χ0v) is 20.1. The third-order valence-corrected chi connectivity index (χ3v) is 9.94. The molecule has 168 valence electrons. The van der Waals surface area contributed by atoms with Crippen molar-refractivity contribution >= 4 is 40.6 Å². The van der Waals surface area contributed by atoms with E-state index in [1.165, 1.54) is 49.5 Å². The minimum absolute atomic E-state index is 0.149. The van der Waals surface area contributed by atoms with E-state index in [4.69, 9.17) is 4.74 Å². The molecule has 6 rings (SSSR count). The number of rotatable bonds is 6. The third kappa shape index (κ3) is 3.66. The van der Waals surface area contributed by atoms with Crippen molar-refractivity contribution in [1.29, 1.82) is 5.26 Å². The molecule has 5 nitrogen and oxygen atoms in total. The van der Waals surface area contributed by atoms with Crippen LogP contribution in [0.1, 0.15) is 56.2 Å². The Morgan fingerprint density at radius 3 is 2.44 bits per heavy atom. The molecule has 4 fully saturated rings. The summed E-state index contributed by atoms with van der Waals surface area (Å²) in [5.74, 6) is 1.45. The Hall–Kier alpha value is -1.91. The Labute approximate surface area is 197 Å². The fourth-order valence-electron chi connectivity index (χ4n) is 7.01. The SMILES string of the molecule is COC(=O)C1C(C)=NC(SCC(=O)C23CC4CC(CC(C4)C2)C3)=C(C#N)[C@H]1c1cccs1. The van der Waals surface area contributed by atoms with Crippen molar-refractivity contribution in [3.05, 3.63) is 33.0 Å². The van der Waals surface area contributed by atoms with Crippen LogP contribution in [0, 0.1) is 40.4 Å². The largest absolute Gasteiger partial charge is 0.468 e.